The molecule has 0 heterocycles. The number of rotatable bonds is 4. The third-order valence-electron chi connectivity index (χ3n) is 4.43. The number of carboxylic acid groups (broad SMARTS) is 1. The van der Waals surface area contributed by atoms with Crippen molar-refractivity contribution in [3.05, 3.63) is 35.4 Å². The van der Waals surface area contributed by atoms with Crippen molar-refractivity contribution in [2.45, 2.75) is 50.5 Å². The highest BCUT2D eigenvalue weighted by atomic mass is 16.5. The van der Waals surface area contributed by atoms with E-state index in [2.05, 4.69) is 31.2 Å². The normalized spacial score (nSPS) is 27.2. The van der Waals surface area contributed by atoms with Crippen LogP contribution in [0.15, 0.2) is 24.3 Å². The van der Waals surface area contributed by atoms with Gasteiger partial charge in [0.15, 0.2) is 5.60 Å². The first-order valence-corrected chi connectivity index (χ1v) is 6.98. The molecule has 19 heavy (non-hydrogen) atoms. The standard InChI is InChI=1S/C16H22O3/c1-3-12-4-6-13(7-5-12)14-8-10-16(19-2,11-9-14)15(17)18/h4-7,14H,3,8-11H2,1-2H3,(H,17,18)/t14-,16+. The maximum atomic E-state index is 11.3. The van der Waals surface area contributed by atoms with Crippen LogP contribution >= 0.6 is 0 Å². The zero-order valence-corrected chi connectivity index (χ0v) is 11.7. The minimum atomic E-state index is -0.958. The molecule has 0 atom stereocenters. The molecule has 3 nitrogen and oxygen atoms in total. The van der Waals surface area contributed by atoms with Crippen molar-refractivity contribution < 1.29 is 14.6 Å². The molecule has 2 rings (SSSR count). The molecule has 1 saturated carbocycles. The minimum Gasteiger partial charge on any atom is -0.479 e. The molecular weight excluding hydrogens is 240 g/mol. The number of benzene rings is 1. The molecule has 1 fully saturated rings. The van der Waals surface area contributed by atoms with Crippen molar-refractivity contribution >= 4 is 5.97 Å². The van der Waals surface area contributed by atoms with Crippen LogP contribution in [0.1, 0.15) is 49.7 Å². The molecule has 1 aromatic rings. The Morgan fingerprint density at radius 3 is 2.32 bits per heavy atom. The highest BCUT2D eigenvalue weighted by molar-refractivity contribution is 5.77. The number of hydrogen-bond acceptors (Lipinski definition) is 2. The maximum absolute atomic E-state index is 11.3. The van der Waals surface area contributed by atoms with E-state index in [9.17, 15) is 9.90 Å². The molecule has 0 bridgehead atoms. The van der Waals surface area contributed by atoms with Crippen molar-refractivity contribution in [1.29, 1.82) is 0 Å². The largest absolute Gasteiger partial charge is 0.479 e. The molecule has 0 radical (unpaired) electrons. The van der Waals surface area contributed by atoms with Crippen LogP contribution < -0.4 is 0 Å². The molecule has 0 spiro atoms. The second-order valence-corrected chi connectivity index (χ2v) is 5.37. The molecule has 1 N–H and O–H groups in total. The van der Waals surface area contributed by atoms with Crippen molar-refractivity contribution in [2.24, 2.45) is 0 Å². The molecule has 104 valence electrons. The topological polar surface area (TPSA) is 46.5 Å². The third-order valence-corrected chi connectivity index (χ3v) is 4.43. The minimum absolute atomic E-state index is 0.466. The van der Waals surface area contributed by atoms with Gasteiger partial charge in [-0.25, -0.2) is 4.79 Å². The summed E-state index contributed by atoms with van der Waals surface area (Å²) in [6.45, 7) is 2.15. The van der Waals surface area contributed by atoms with E-state index in [4.69, 9.17) is 4.74 Å². The van der Waals surface area contributed by atoms with Crippen LogP contribution in [0.3, 0.4) is 0 Å². The number of carbonyl (C=O) groups is 1. The van der Waals surface area contributed by atoms with Gasteiger partial charge >= 0.3 is 5.97 Å². The summed E-state index contributed by atoms with van der Waals surface area (Å²) in [5.41, 5.74) is 1.71. The average Bonchev–Trinajstić information content (AvgIpc) is 2.47. The van der Waals surface area contributed by atoms with Crippen LogP contribution in [0.5, 0.6) is 0 Å². The molecule has 0 amide bonds. The Labute approximate surface area is 114 Å². The van der Waals surface area contributed by atoms with Gasteiger partial charge in [-0.1, -0.05) is 31.2 Å². The number of hydrogen-bond donors (Lipinski definition) is 1. The number of ether oxygens (including phenoxy) is 1. The van der Waals surface area contributed by atoms with Gasteiger partial charge in [0.25, 0.3) is 0 Å². The van der Waals surface area contributed by atoms with Crippen LogP contribution in [0.4, 0.5) is 0 Å². The Morgan fingerprint density at radius 2 is 1.89 bits per heavy atom. The molecule has 0 aliphatic heterocycles. The van der Waals surface area contributed by atoms with Crippen LogP contribution in [-0.4, -0.2) is 23.8 Å². The fourth-order valence-electron chi connectivity index (χ4n) is 2.95. The van der Waals surface area contributed by atoms with Crippen molar-refractivity contribution in [3.63, 3.8) is 0 Å². The van der Waals surface area contributed by atoms with E-state index in [0.717, 1.165) is 19.3 Å². The summed E-state index contributed by atoms with van der Waals surface area (Å²) in [5, 5.41) is 9.29. The molecule has 1 aliphatic carbocycles. The quantitative estimate of drug-likeness (QED) is 0.904. The van der Waals surface area contributed by atoms with E-state index in [1.54, 1.807) is 0 Å². The molecule has 1 aromatic carbocycles. The molecule has 3 heteroatoms. The predicted octanol–water partition coefficient (Wildman–Crippen LogP) is 3.38. The molecule has 0 saturated heterocycles. The third kappa shape index (κ3) is 2.81. The first-order valence-electron chi connectivity index (χ1n) is 6.98. The number of methoxy groups -OCH3 is 1. The zero-order valence-electron chi connectivity index (χ0n) is 11.7. The van der Waals surface area contributed by atoms with Crippen LogP contribution in [0.25, 0.3) is 0 Å². The molecular formula is C16H22O3. The SMILES string of the molecule is CCc1ccc([C@H]2CC[C@](OC)(C(=O)O)CC2)cc1. The van der Waals surface area contributed by atoms with Crippen molar-refractivity contribution in [3.8, 4) is 0 Å². The molecule has 0 unspecified atom stereocenters. The van der Waals surface area contributed by atoms with E-state index in [-0.39, 0.29) is 0 Å². The van der Waals surface area contributed by atoms with E-state index in [1.165, 1.54) is 18.2 Å². The number of aryl methyl sites for hydroxylation is 1. The Balaban J connectivity index is 2.04. The smallest absolute Gasteiger partial charge is 0.335 e. The average molecular weight is 262 g/mol. The number of carboxylic acids is 1. The van der Waals surface area contributed by atoms with Crippen molar-refractivity contribution in [2.75, 3.05) is 7.11 Å². The Morgan fingerprint density at radius 1 is 1.32 bits per heavy atom. The van der Waals surface area contributed by atoms with Crippen LogP contribution in [0.2, 0.25) is 0 Å². The van der Waals surface area contributed by atoms with Crippen molar-refractivity contribution in [1.82, 2.24) is 0 Å². The number of aliphatic carboxylic acids is 1. The maximum Gasteiger partial charge on any atom is 0.335 e. The predicted molar refractivity (Wildman–Crippen MR) is 74.4 cm³/mol. The second-order valence-electron chi connectivity index (χ2n) is 5.37. The summed E-state index contributed by atoms with van der Waals surface area (Å²) in [5.74, 6) is -0.358. The van der Waals surface area contributed by atoms with E-state index in [1.807, 2.05) is 0 Å². The van der Waals surface area contributed by atoms with Gasteiger partial charge in [0.2, 0.25) is 0 Å². The lowest BCUT2D eigenvalue weighted by molar-refractivity contribution is -0.166. The highest BCUT2D eigenvalue weighted by Gasteiger charge is 2.42. The highest BCUT2D eigenvalue weighted by Crippen LogP contribution is 2.39. The van der Waals surface area contributed by atoms with Gasteiger partial charge in [0, 0.05) is 7.11 Å². The Hall–Kier alpha value is -1.35. The van der Waals surface area contributed by atoms with Gasteiger partial charge in [-0.3, -0.25) is 0 Å². The second kappa shape index (κ2) is 5.74. The van der Waals surface area contributed by atoms with Gasteiger partial charge in [-0.15, -0.1) is 0 Å². The van der Waals surface area contributed by atoms with E-state index in [0.29, 0.717) is 18.8 Å². The molecule has 0 aromatic heterocycles. The monoisotopic (exact) mass is 262 g/mol. The summed E-state index contributed by atoms with van der Waals surface area (Å²) in [4.78, 5) is 11.3. The fraction of sp³-hybridized carbons (Fsp3) is 0.562. The summed E-state index contributed by atoms with van der Waals surface area (Å²) in [6, 6.07) is 8.71. The van der Waals surface area contributed by atoms with Gasteiger partial charge in [-0.05, 0) is 49.1 Å². The van der Waals surface area contributed by atoms with E-state index >= 15 is 0 Å². The fourth-order valence-corrected chi connectivity index (χ4v) is 2.95. The first-order chi connectivity index (χ1) is 9.11. The summed E-state index contributed by atoms with van der Waals surface area (Å²) >= 11 is 0. The summed E-state index contributed by atoms with van der Waals surface area (Å²) in [7, 11) is 1.50. The van der Waals surface area contributed by atoms with Gasteiger partial charge in [0.05, 0.1) is 0 Å². The summed E-state index contributed by atoms with van der Waals surface area (Å²) < 4.78 is 5.26. The van der Waals surface area contributed by atoms with Crippen LogP contribution in [-0.2, 0) is 16.0 Å². The Bertz CT molecular complexity index is 428. The first kappa shape index (κ1) is 14.1. The summed E-state index contributed by atoms with van der Waals surface area (Å²) in [6.07, 6.45) is 4.01. The lowest BCUT2D eigenvalue weighted by Gasteiger charge is -2.35. The zero-order chi connectivity index (χ0) is 13.9. The molecule has 1 aliphatic rings. The van der Waals surface area contributed by atoms with Crippen LogP contribution in [0, 0.1) is 0 Å². The van der Waals surface area contributed by atoms with Gasteiger partial charge in [-0.2, -0.15) is 0 Å². The lowest BCUT2D eigenvalue weighted by Crippen LogP contribution is -2.43. The lowest BCUT2D eigenvalue weighted by atomic mass is 9.76. The van der Waals surface area contributed by atoms with Gasteiger partial charge in [0.1, 0.15) is 0 Å². The Kier molecular flexibility index (Phi) is 4.25. The van der Waals surface area contributed by atoms with Gasteiger partial charge < -0.3 is 9.84 Å². The van der Waals surface area contributed by atoms with E-state index < -0.39 is 11.6 Å².